The second-order valence-electron chi connectivity index (χ2n) is 6.39. The molecule has 0 aromatic heterocycles. The summed E-state index contributed by atoms with van der Waals surface area (Å²) in [5.41, 5.74) is -0.661. The quantitative estimate of drug-likeness (QED) is 0.761. The Bertz CT molecular complexity index is 452. The van der Waals surface area contributed by atoms with Crippen LogP contribution in [0.25, 0.3) is 0 Å². The van der Waals surface area contributed by atoms with Crippen molar-refractivity contribution in [2.24, 2.45) is 11.8 Å². The van der Waals surface area contributed by atoms with E-state index in [4.69, 9.17) is 14.7 Å². The van der Waals surface area contributed by atoms with E-state index in [1.165, 1.54) is 0 Å². The molecule has 0 aliphatic heterocycles. The van der Waals surface area contributed by atoms with Crippen LogP contribution in [0.4, 0.5) is 4.79 Å². The van der Waals surface area contributed by atoms with Crippen LogP contribution in [0.3, 0.4) is 0 Å². The van der Waals surface area contributed by atoms with E-state index in [0.717, 1.165) is 0 Å². The van der Waals surface area contributed by atoms with Crippen LogP contribution >= 0.6 is 0 Å². The summed E-state index contributed by atoms with van der Waals surface area (Å²) in [5.74, 6) is -1.79. The first-order chi connectivity index (χ1) is 10.2. The number of aliphatic hydroxyl groups is 1. The number of esters is 1. The van der Waals surface area contributed by atoms with Gasteiger partial charge in [0.25, 0.3) is 0 Å². The molecule has 124 valence electrons. The number of rotatable bonds is 3. The smallest absolute Gasteiger partial charge is 0.407 e. The number of hydrogen-bond donors (Lipinski definition) is 2. The molecule has 22 heavy (non-hydrogen) atoms. The molecule has 0 saturated heterocycles. The van der Waals surface area contributed by atoms with E-state index in [9.17, 15) is 14.7 Å². The van der Waals surface area contributed by atoms with Crippen LogP contribution in [0.2, 0.25) is 0 Å². The van der Waals surface area contributed by atoms with Crippen molar-refractivity contribution >= 4 is 12.1 Å². The molecule has 1 aliphatic carbocycles. The van der Waals surface area contributed by atoms with Crippen LogP contribution in [-0.4, -0.2) is 41.5 Å². The van der Waals surface area contributed by atoms with Crippen LogP contribution in [0.1, 0.15) is 40.5 Å². The van der Waals surface area contributed by atoms with Crippen LogP contribution in [0, 0.1) is 23.2 Å². The first kappa shape index (κ1) is 18.2. The Balaban J connectivity index is 2.81. The number of carbonyl (C=O) groups excluding carboxylic acids is 2. The van der Waals surface area contributed by atoms with Gasteiger partial charge in [0.15, 0.2) is 0 Å². The van der Waals surface area contributed by atoms with Crippen LogP contribution < -0.4 is 5.32 Å². The average Bonchev–Trinajstić information content (AvgIpc) is 2.36. The molecule has 0 unspecified atom stereocenters. The normalized spacial score (nSPS) is 28.4. The molecule has 1 amide bonds. The lowest BCUT2D eigenvalue weighted by Gasteiger charge is -2.36. The number of aliphatic hydroxyl groups excluding tert-OH is 1. The number of ether oxygens (including phenoxy) is 2. The first-order valence-electron chi connectivity index (χ1n) is 7.41. The highest BCUT2D eigenvalue weighted by molar-refractivity contribution is 5.75. The summed E-state index contributed by atoms with van der Waals surface area (Å²) >= 11 is 0. The average molecular weight is 312 g/mol. The van der Waals surface area contributed by atoms with Gasteiger partial charge in [0, 0.05) is 6.04 Å². The predicted molar refractivity (Wildman–Crippen MR) is 77.6 cm³/mol. The molecule has 2 N–H and O–H groups in total. The van der Waals surface area contributed by atoms with E-state index in [-0.39, 0.29) is 19.4 Å². The van der Waals surface area contributed by atoms with Crippen molar-refractivity contribution in [2.45, 2.75) is 58.3 Å². The van der Waals surface area contributed by atoms with Crippen molar-refractivity contribution in [1.29, 1.82) is 5.26 Å². The minimum atomic E-state index is -0.893. The minimum Gasteiger partial charge on any atom is -0.466 e. The maximum atomic E-state index is 12.0. The number of hydrogen-bond acceptors (Lipinski definition) is 6. The van der Waals surface area contributed by atoms with Gasteiger partial charge in [0.05, 0.1) is 30.6 Å². The Labute approximate surface area is 130 Å². The zero-order chi connectivity index (χ0) is 16.9. The van der Waals surface area contributed by atoms with Crippen molar-refractivity contribution in [2.75, 3.05) is 6.61 Å². The largest absolute Gasteiger partial charge is 0.466 e. The van der Waals surface area contributed by atoms with Crippen molar-refractivity contribution in [3.63, 3.8) is 0 Å². The summed E-state index contributed by atoms with van der Waals surface area (Å²) in [6.07, 6.45) is -1.29. The number of carbonyl (C=O) groups is 2. The number of nitriles is 1. The molecule has 0 spiro atoms. The van der Waals surface area contributed by atoms with Gasteiger partial charge in [-0.25, -0.2) is 4.79 Å². The fourth-order valence-corrected chi connectivity index (χ4v) is 2.45. The Morgan fingerprint density at radius 1 is 1.36 bits per heavy atom. The molecule has 7 heteroatoms. The fraction of sp³-hybridized carbons (Fsp3) is 0.800. The molecule has 0 heterocycles. The Kier molecular flexibility index (Phi) is 6.18. The molecule has 7 nitrogen and oxygen atoms in total. The van der Waals surface area contributed by atoms with Crippen molar-refractivity contribution in [1.82, 2.24) is 5.32 Å². The maximum absolute atomic E-state index is 12.0. The molecule has 1 saturated carbocycles. The highest BCUT2D eigenvalue weighted by Gasteiger charge is 2.42. The second kappa shape index (κ2) is 7.45. The summed E-state index contributed by atoms with van der Waals surface area (Å²) in [7, 11) is 0. The Morgan fingerprint density at radius 2 is 2.00 bits per heavy atom. The Morgan fingerprint density at radius 3 is 2.50 bits per heavy atom. The van der Waals surface area contributed by atoms with E-state index in [1.54, 1.807) is 27.7 Å². The summed E-state index contributed by atoms with van der Waals surface area (Å²) < 4.78 is 10.2. The Hall–Kier alpha value is -1.81. The predicted octanol–water partition coefficient (Wildman–Crippen LogP) is 1.35. The third-order valence-corrected chi connectivity index (χ3v) is 3.41. The number of amides is 1. The lowest BCUT2D eigenvalue weighted by Crippen LogP contribution is -2.52. The number of nitrogens with zero attached hydrogens (tertiary/aromatic N) is 1. The van der Waals surface area contributed by atoms with Crippen LogP contribution in [0.15, 0.2) is 0 Å². The minimum absolute atomic E-state index is 0.112. The van der Waals surface area contributed by atoms with Gasteiger partial charge in [-0.15, -0.1) is 0 Å². The van der Waals surface area contributed by atoms with E-state index in [2.05, 4.69) is 5.32 Å². The van der Waals surface area contributed by atoms with Crippen molar-refractivity contribution in [3.8, 4) is 6.07 Å². The lowest BCUT2D eigenvalue weighted by molar-refractivity contribution is -0.151. The van der Waals surface area contributed by atoms with Gasteiger partial charge >= 0.3 is 12.1 Å². The van der Waals surface area contributed by atoms with Crippen molar-refractivity contribution < 1.29 is 24.2 Å². The van der Waals surface area contributed by atoms with E-state index >= 15 is 0 Å². The second-order valence-corrected chi connectivity index (χ2v) is 6.39. The lowest BCUT2D eigenvalue weighted by atomic mass is 9.76. The molecule has 0 radical (unpaired) electrons. The molecular weight excluding hydrogens is 288 g/mol. The zero-order valence-electron chi connectivity index (χ0n) is 13.5. The SMILES string of the molecule is CCOC(=O)[C@H]1C[C@H](C#N)[C@@H](O)C[C@H]1NC(=O)OC(C)(C)C. The summed E-state index contributed by atoms with van der Waals surface area (Å²) in [6.45, 7) is 7.10. The molecule has 0 bridgehead atoms. The molecule has 0 aromatic rings. The van der Waals surface area contributed by atoms with Gasteiger partial charge in [0.1, 0.15) is 5.60 Å². The zero-order valence-corrected chi connectivity index (χ0v) is 13.5. The number of nitrogens with one attached hydrogen (secondary N) is 1. The van der Waals surface area contributed by atoms with Gasteiger partial charge < -0.3 is 19.9 Å². The first-order valence-corrected chi connectivity index (χ1v) is 7.41. The van der Waals surface area contributed by atoms with Gasteiger partial charge in [-0.2, -0.15) is 5.26 Å². The summed E-state index contributed by atoms with van der Waals surface area (Å²) in [4.78, 5) is 23.9. The molecule has 0 aromatic carbocycles. The third kappa shape index (κ3) is 5.19. The summed E-state index contributed by atoms with van der Waals surface area (Å²) in [5, 5.41) is 21.6. The molecule has 1 fully saturated rings. The highest BCUT2D eigenvalue weighted by atomic mass is 16.6. The molecule has 1 rings (SSSR count). The van der Waals surface area contributed by atoms with E-state index in [0.29, 0.717) is 0 Å². The maximum Gasteiger partial charge on any atom is 0.407 e. The standard InChI is InChI=1S/C15H24N2O5/c1-5-21-13(19)10-6-9(8-16)12(18)7-11(10)17-14(20)22-15(2,3)4/h9-12,18H,5-7H2,1-4H3,(H,17,20)/t9-,10+,11-,12+/m1/s1. The highest BCUT2D eigenvalue weighted by Crippen LogP contribution is 2.30. The van der Waals surface area contributed by atoms with Gasteiger partial charge in [-0.05, 0) is 40.5 Å². The third-order valence-electron chi connectivity index (χ3n) is 3.41. The monoisotopic (exact) mass is 312 g/mol. The van der Waals surface area contributed by atoms with Crippen molar-refractivity contribution in [3.05, 3.63) is 0 Å². The molecular formula is C15H24N2O5. The van der Waals surface area contributed by atoms with E-state index in [1.807, 2.05) is 6.07 Å². The molecule has 4 atom stereocenters. The van der Waals surface area contributed by atoms with Gasteiger partial charge in [-0.1, -0.05) is 0 Å². The van der Waals surface area contributed by atoms with Gasteiger partial charge in [0.2, 0.25) is 0 Å². The molecule has 1 aliphatic rings. The van der Waals surface area contributed by atoms with Crippen LogP contribution in [0.5, 0.6) is 0 Å². The fourth-order valence-electron chi connectivity index (χ4n) is 2.45. The van der Waals surface area contributed by atoms with E-state index < -0.39 is 41.6 Å². The number of alkyl carbamates (subject to hydrolysis) is 1. The van der Waals surface area contributed by atoms with Crippen LogP contribution in [-0.2, 0) is 14.3 Å². The topological polar surface area (TPSA) is 109 Å². The summed E-state index contributed by atoms with van der Waals surface area (Å²) in [6, 6.07) is 1.37. The van der Waals surface area contributed by atoms with Gasteiger partial charge in [-0.3, -0.25) is 4.79 Å².